The summed E-state index contributed by atoms with van der Waals surface area (Å²) in [7, 11) is 0. The highest BCUT2D eigenvalue weighted by Crippen LogP contribution is 2.24. The summed E-state index contributed by atoms with van der Waals surface area (Å²) < 4.78 is 36.4. The Hall–Kier alpha value is -1.86. The van der Waals surface area contributed by atoms with Crippen LogP contribution in [0.1, 0.15) is 63.2 Å². The lowest BCUT2D eigenvalue weighted by molar-refractivity contribution is -0.173. The van der Waals surface area contributed by atoms with E-state index in [-0.39, 0.29) is 13.0 Å². The van der Waals surface area contributed by atoms with Crippen LogP contribution in [0, 0.1) is 0 Å². The highest BCUT2D eigenvalue weighted by atomic mass is 19.4. The van der Waals surface area contributed by atoms with Gasteiger partial charge in [0.25, 0.3) is 0 Å². The number of hydrogen-bond donors (Lipinski definition) is 3. The van der Waals surface area contributed by atoms with Crippen LogP contribution in [0.5, 0.6) is 0 Å². The molecule has 0 fully saturated rings. The first-order valence-corrected chi connectivity index (χ1v) is 9.16. The van der Waals surface area contributed by atoms with Crippen LogP contribution in [0.3, 0.4) is 0 Å². The first-order chi connectivity index (χ1) is 12.6. The van der Waals surface area contributed by atoms with Crippen molar-refractivity contribution in [3.8, 4) is 0 Å². The average Bonchev–Trinajstić information content (AvgIpc) is 2.60. The summed E-state index contributed by atoms with van der Waals surface area (Å²) in [6.07, 6.45) is 0.580. The number of aliphatic hydroxyl groups is 2. The Labute approximate surface area is 158 Å². The summed E-state index contributed by atoms with van der Waals surface area (Å²) in [6, 6.07) is 6.92. The van der Waals surface area contributed by atoms with Gasteiger partial charge >= 0.3 is 12.1 Å². The van der Waals surface area contributed by atoms with Crippen LogP contribution in [0.2, 0.25) is 0 Å². The van der Waals surface area contributed by atoms with Crippen molar-refractivity contribution in [2.24, 2.45) is 0 Å². The van der Waals surface area contributed by atoms with Crippen molar-refractivity contribution < 1.29 is 28.2 Å². The molecule has 1 unspecified atom stereocenters. The lowest BCUT2D eigenvalue weighted by atomic mass is 9.91. The molecule has 0 spiro atoms. The molecule has 1 amide bonds. The second kappa shape index (κ2) is 10.5. The van der Waals surface area contributed by atoms with Crippen LogP contribution in [0.25, 0.3) is 6.08 Å². The zero-order chi connectivity index (χ0) is 20.5. The molecule has 0 radical (unpaired) electrons. The van der Waals surface area contributed by atoms with Crippen molar-refractivity contribution in [2.75, 3.05) is 6.54 Å². The maximum absolute atomic E-state index is 12.1. The average molecular weight is 387 g/mol. The van der Waals surface area contributed by atoms with E-state index in [1.807, 2.05) is 19.9 Å². The van der Waals surface area contributed by atoms with Crippen molar-refractivity contribution in [3.05, 3.63) is 41.5 Å². The van der Waals surface area contributed by atoms with Crippen molar-refractivity contribution in [1.82, 2.24) is 5.32 Å². The van der Waals surface area contributed by atoms with E-state index in [9.17, 15) is 28.2 Å². The van der Waals surface area contributed by atoms with Gasteiger partial charge in [-0.3, -0.25) is 4.79 Å². The van der Waals surface area contributed by atoms with Gasteiger partial charge in [-0.1, -0.05) is 57.0 Å². The number of halogens is 3. The molecule has 1 aromatic rings. The maximum atomic E-state index is 12.1. The number of benzene rings is 1. The fourth-order valence-corrected chi connectivity index (χ4v) is 2.87. The van der Waals surface area contributed by atoms with E-state index in [0.717, 1.165) is 18.4 Å². The zero-order valence-corrected chi connectivity index (χ0v) is 15.7. The topological polar surface area (TPSA) is 69.6 Å². The molecule has 1 atom stereocenters. The number of aliphatic hydroxyl groups excluding tert-OH is 1. The van der Waals surface area contributed by atoms with E-state index in [1.165, 1.54) is 0 Å². The molecular weight excluding hydrogens is 359 g/mol. The second-order valence-electron chi connectivity index (χ2n) is 6.67. The minimum Gasteiger partial charge on any atom is -0.388 e. The van der Waals surface area contributed by atoms with Crippen LogP contribution in [0.15, 0.2) is 30.3 Å². The van der Waals surface area contributed by atoms with Crippen LogP contribution in [-0.4, -0.2) is 34.4 Å². The van der Waals surface area contributed by atoms with Gasteiger partial charge in [-0.25, -0.2) is 0 Å². The lowest BCUT2D eigenvalue weighted by Gasteiger charge is -2.23. The molecule has 0 heterocycles. The third-order valence-electron chi connectivity index (χ3n) is 4.21. The number of hydrogen-bond acceptors (Lipinski definition) is 3. The number of carbonyl (C=O) groups is 1. The van der Waals surface area contributed by atoms with E-state index in [2.05, 4.69) is 0 Å². The molecule has 3 N–H and O–H groups in total. The van der Waals surface area contributed by atoms with E-state index in [1.54, 1.807) is 35.7 Å². The van der Waals surface area contributed by atoms with Gasteiger partial charge in [-0.05, 0) is 36.5 Å². The summed E-state index contributed by atoms with van der Waals surface area (Å²) >= 11 is 0. The Morgan fingerprint density at radius 2 is 1.85 bits per heavy atom. The lowest BCUT2D eigenvalue weighted by Crippen LogP contribution is -2.37. The predicted molar refractivity (Wildman–Crippen MR) is 98.9 cm³/mol. The molecule has 0 aromatic heterocycles. The highest BCUT2D eigenvalue weighted by Gasteiger charge is 2.38. The third-order valence-corrected chi connectivity index (χ3v) is 4.21. The smallest absolute Gasteiger partial charge is 0.388 e. The minimum absolute atomic E-state index is 0.0371. The normalized spacial score (nSPS) is 13.7. The van der Waals surface area contributed by atoms with E-state index < -0.39 is 23.8 Å². The van der Waals surface area contributed by atoms with E-state index >= 15 is 0 Å². The quantitative estimate of drug-likeness (QED) is 0.565. The number of carbonyl (C=O) groups excluding carboxylic acids is 1. The molecule has 0 aliphatic carbocycles. The molecule has 1 aromatic carbocycles. The Morgan fingerprint density at radius 1 is 1.22 bits per heavy atom. The van der Waals surface area contributed by atoms with Crippen molar-refractivity contribution >= 4 is 12.0 Å². The van der Waals surface area contributed by atoms with Gasteiger partial charge in [0.15, 0.2) is 0 Å². The molecule has 0 bridgehead atoms. The molecule has 7 heteroatoms. The van der Waals surface area contributed by atoms with Gasteiger partial charge in [-0.2, -0.15) is 13.2 Å². The summed E-state index contributed by atoms with van der Waals surface area (Å²) in [6.45, 7) is 3.72. The Balaban J connectivity index is 2.72. The van der Waals surface area contributed by atoms with Crippen molar-refractivity contribution in [1.29, 1.82) is 0 Å². The SMILES string of the molecule is CCCC(O)(C=Cc1cccc(C(O)CCNC(=O)C(F)(F)F)c1)CCC. The van der Waals surface area contributed by atoms with Gasteiger partial charge in [0.2, 0.25) is 0 Å². The summed E-state index contributed by atoms with van der Waals surface area (Å²) in [5, 5.41) is 22.5. The Kier molecular flexibility index (Phi) is 8.99. The van der Waals surface area contributed by atoms with Gasteiger partial charge < -0.3 is 15.5 Å². The van der Waals surface area contributed by atoms with Gasteiger partial charge in [0.1, 0.15) is 0 Å². The summed E-state index contributed by atoms with van der Waals surface area (Å²) in [5.41, 5.74) is 0.435. The highest BCUT2D eigenvalue weighted by molar-refractivity contribution is 5.81. The van der Waals surface area contributed by atoms with Crippen molar-refractivity contribution in [2.45, 2.75) is 63.8 Å². The summed E-state index contributed by atoms with van der Waals surface area (Å²) in [4.78, 5) is 10.8. The minimum atomic E-state index is -4.93. The van der Waals surface area contributed by atoms with Crippen LogP contribution < -0.4 is 5.32 Å². The van der Waals surface area contributed by atoms with Gasteiger partial charge in [0, 0.05) is 6.54 Å². The van der Waals surface area contributed by atoms with Crippen LogP contribution >= 0.6 is 0 Å². The van der Waals surface area contributed by atoms with E-state index in [4.69, 9.17) is 0 Å². The molecule has 1 rings (SSSR count). The predicted octanol–water partition coefficient (Wildman–Crippen LogP) is 4.13. The molecule has 0 saturated carbocycles. The van der Waals surface area contributed by atoms with Crippen LogP contribution in [-0.2, 0) is 4.79 Å². The fraction of sp³-hybridized carbons (Fsp3) is 0.550. The molecular formula is C20H28F3NO3. The van der Waals surface area contributed by atoms with Crippen molar-refractivity contribution in [3.63, 3.8) is 0 Å². The first-order valence-electron chi connectivity index (χ1n) is 9.16. The third kappa shape index (κ3) is 8.13. The largest absolute Gasteiger partial charge is 0.471 e. The first kappa shape index (κ1) is 23.2. The fourth-order valence-electron chi connectivity index (χ4n) is 2.87. The maximum Gasteiger partial charge on any atom is 0.471 e. The molecule has 4 nitrogen and oxygen atoms in total. The number of amides is 1. The Bertz CT molecular complexity index is 623. The van der Waals surface area contributed by atoms with E-state index in [0.29, 0.717) is 18.4 Å². The second-order valence-corrected chi connectivity index (χ2v) is 6.67. The standard InChI is InChI=1S/C20H28F3NO3/c1-3-10-19(27,11-4-2)12-8-15-6-5-7-16(14-15)17(25)9-13-24-18(26)20(21,22)23/h5-8,12,14,17,25,27H,3-4,9-11,13H2,1-2H3,(H,24,26). The number of nitrogens with one attached hydrogen (secondary N) is 1. The molecule has 27 heavy (non-hydrogen) atoms. The van der Waals surface area contributed by atoms with Gasteiger partial charge in [0.05, 0.1) is 11.7 Å². The zero-order valence-electron chi connectivity index (χ0n) is 15.7. The Morgan fingerprint density at radius 3 is 2.41 bits per heavy atom. The molecule has 0 saturated heterocycles. The summed E-state index contributed by atoms with van der Waals surface area (Å²) in [5.74, 6) is -2.02. The number of rotatable bonds is 10. The molecule has 152 valence electrons. The number of alkyl halides is 3. The monoisotopic (exact) mass is 387 g/mol. The van der Waals surface area contributed by atoms with Gasteiger partial charge in [-0.15, -0.1) is 0 Å². The van der Waals surface area contributed by atoms with Crippen LogP contribution in [0.4, 0.5) is 13.2 Å². The molecule has 0 aliphatic heterocycles. The molecule has 0 aliphatic rings.